The predicted molar refractivity (Wildman–Crippen MR) is 82.4 cm³/mol. The average Bonchev–Trinajstić information content (AvgIpc) is 3.08. The molecule has 6 heteroatoms. The van der Waals surface area contributed by atoms with Gasteiger partial charge in [-0.15, -0.1) is 0 Å². The Morgan fingerprint density at radius 2 is 2.05 bits per heavy atom. The van der Waals surface area contributed by atoms with Gasteiger partial charge in [0.15, 0.2) is 12.2 Å². The second-order valence-corrected chi connectivity index (χ2v) is 4.73. The van der Waals surface area contributed by atoms with Crippen LogP contribution in [0.3, 0.4) is 0 Å². The maximum absolute atomic E-state index is 10.8. The molecule has 0 saturated carbocycles. The molecule has 0 aliphatic heterocycles. The lowest BCUT2D eigenvalue weighted by Crippen LogP contribution is -2.00. The number of aromatic nitrogens is 1. The molecular weight excluding hydrogens is 282 g/mol. The van der Waals surface area contributed by atoms with E-state index in [4.69, 9.17) is 4.42 Å². The molecule has 0 saturated heterocycles. The Labute approximate surface area is 126 Å². The Hall–Kier alpha value is -3.15. The summed E-state index contributed by atoms with van der Waals surface area (Å²) in [5.74, 6) is 0.694. The van der Waals surface area contributed by atoms with Gasteiger partial charge in [-0.1, -0.05) is 24.3 Å². The van der Waals surface area contributed by atoms with Crippen LogP contribution in [-0.4, -0.2) is 9.91 Å². The van der Waals surface area contributed by atoms with Crippen molar-refractivity contribution in [1.82, 2.24) is 4.98 Å². The fraction of sp³-hybridized carbons (Fsp3) is 0.0625. The highest BCUT2D eigenvalue weighted by Gasteiger charge is 2.06. The van der Waals surface area contributed by atoms with E-state index in [1.54, 1.807) is 18.3 Å². The first-order chi connectivity index (χ1) is 10.7. The van der Waals surface area contributed by atoms with Crippen molar-refractivity contribution in [1.29, 1.82) is 0 Å². The van der Waals surface area contributed by atoms with Gasteiger partial charge in [-0.3, -0.25) is 10.1 Å². The molecule has 2 aromatic carbocycles. The van der Waals surface area contributed by atoms with Gasteiger partial charge in [0.1, 0.15) is 0 Å². The summed E-state index contributed by atoms with van der Waals surface area (Å²) >= 11 is 0. The van der Waals surface area contributed by atoms with Crippen molar-refractivity contribution < 1.29 is 9.34 Å². The highest BCUT2D eigenvalue weighted by atomic mass is 16.6. The van der Waals surface area contributed by atoms with E-state index in [0.29, 0.717) is 12.3 Å². The first kappa shape index (κ1) is 13.8. The summed E-state index contributed by atoms with van der Waals surface area (Å²) in [7, 11) is 0. The van der Waals surface area contributed by atoms with E-state index in [9.17, 15) is 10.1 Å². The van der Waals surface area contributed by atoms with Crippen LogP contribution < -0.4 is 5.32 Å². The van der Waals surface area contributed by atoms with Crippen molar-refractivity contribution in [2.45, 2.75) is 6.54 Å². The average molecular weight is 295 g/mol. The van der Waals surface area contributed by atoms with E-state index in [0.717, 1.165) is 16.8 Å². The van der Waals surface area contributed by atoms with E-state index in [2.05, 4.69) is 10.3 Å². The van der Waals surface area contributed by atoms with Crippen LogP contribution in [0.25, 0.3) is 11.3 Å². The smallest absolute Gasteiger partial charge is 0.269 e. The first-order valence-electron chi connectivity index (χ1n) is 6.68. The Morgan fingerprint density at radius 3 is 2.82 bits per heavy atom. The molecule has 0 amide bonds. The van der Waals surface area contributed by atoms with E-state index >= 15 is 0 Å². The zero-order valence-electron chi connectivity index (χ0n) is 11.6. The highest BCUT2D eigenvalue weighted by molar-refractivity contribution is 5.63. The third-order valence-corrected chi connectivity index (χ3v) is 3.20. The van der Waals surface area contributed by atoms with Crippen molar-refractivity contribution in [2.24, 2.45) is 0 Å². The molecule has 0 aliphatic carbocycles. The monoisotopic (exact) mass is 295 g/mol. The molecule has 1 N–H and O–H groups in total. The lowest BCUT2D eigenvalue weighted by molar-refractivity contribution is -0.384. The minimum Gasteiger partial charge on any atom is -0.444 e. The number of oxazole rings is 1. The standard InChI is InChI=1S/C16H13N3O3/c20-19(21)15-6-1-3-12(7-15)9-18-14-5-2-4-13(8-14)16-10-17-11-22-16/h1-8,10-11,18H,9H2. The van der Waals surface area contributed by atoms with E-state index in [1.165, 1.54) is 12.5 Å². The third kappa shape index (κ3) is 3.12. The van der Waals surface area contributed by atoms with Crippen molar-refractivity contribution >= 4 is 11.4 Å². The van der Waals surface area contributed by atoms with Crippen LogP contribution in [-0.2, 0) is 6.54 Å². The maximum Gasteiger partial charge on any atom is 0.269 e. The Kier molecular flexibility index (Phi) is 3.82. The van der Waals surface area contributed by atoms with Gasteiger partial charge in [-0.25, -0.2) is 4.98 Å². The fourth-order valence-electron chi connectivity index (χ4n) is 2.12. The molecule has 0 spiro atoms. The number of hydrogen-bond acceptors (Lipinski definition) is 5. The second-order valence-electron chi connectivity index (χ2n) is 4.73. The van der Waals surface area contributed by atoms with E-state index in [1.807, 2.05) is 30.3 Å². The van der Waals surface area contributed by atoms with Gasteiger partial charge in [0.25, 0.3) is 5.69 Å². The van der Waals surface area contributed by atoms with Crippen LogP contribution in [0, 0.1) is 10.1 Å². The molecule has 0 atom stereocenters. The first-order valence-corrected chi connectivity index (χ1v) is 6.68. The van der Waals surface area contributed by atoms with Crippen molar-refractivity contribution in [3.63, 3.8) is 0 Å². The summed E-state index contributed by atoms with van der Waals surface area (Å²) in [4.78, 5) is 14.3. The van der Waals surface area contributed by atoms with Gasteiger partial charge >= 0.3 is 0 Å². The Balaban J connectivity index is 1.73. The molecule has 6 nitrogen and oxygen atoms in total. The summed E-state index contributed by atoms with van der Waals surface area (Å²) in [6, 6.07) is 14.3. The number of non-ortho nitro benzene ring substituents is 1. The molecule has 0 radical (unpaired) electrons. The van der Waals surface area contributed by atoms with Crippen LogP contribution in [0.15, 0.2) is 65.5 Å². The summed E-state index contributed by atoms with van der Waals surface area (Å²) in [5, 5.41) is 14.0. The molecule has 1 aromatic heterocycles. The molecule has 3 aromatic rings. The maximum atomic E-state index is 10.8. The molecular formula is C16H13N3O3. The normalized spacial score (nSPS) is 10.4. The molecule has 110 valence electrons. The number of nitro benzene ring substituents is 1. The van der Waals surface area contributed by atoms with Crippen molar-refractivity contribution in [3.8, 4) is 11.3 Å². The second kappa shape index (κ2) is 6.09. The number of nitrogens with one attached hydrogen (secondary N) is 1. The largest absolute Gasteiger partial charge is 0.444 e. The van der Waals surface area contributed by atoms with Crippen LogP contribution >= 0.6 is 0 Å². The zero-order chi connectivity index (χ0) is 15.4. The van der Waals surface area contributed by atoms with E-state index < -0.39 is 4.92 Å². The van der Waals surface area contributed by atoms with Gasteiger partial charge in [0, 0.05) is 29.9 Å². The number of benzene rings is 2. The predicted octanol–water partition coefficient (Wildman–Crippen LogP) is 3.86. The van der Waals surface area contributed by atoms with Crippen LogP contribution in [0.1, 0.15) is 5.56 Å². The molecule has 0 unspecified atom stereocenters. The Bertz CT molecular complexity index is 785. The van der Waals surface area contributed by atoms with Gasteiger partial charge in [0.05, 0.1) is 11.1 Å². The fourth-order valence-corrected chi connectivity index (χ4v) is 2.12. The lowest BCUT2D eigenvalue weighted by atomic mass is 10.1. The molecule has 0 aliphatic rings. The Morgan fingerprint density at radius 1 is 1.18 bits per heavy atom. The summed E-state index contributed by atoms with van der Waals surface area (Å²) in [6.45, 7) is 0.502. The highest BCUT2D eigenvalue weighted by Crippen LogP contribution is 2.22. The number of hydrogen-bond donors (Lipinski definition) is 1. The van der Waals surface area contributed by atoms with Crippen LogP contribution in [0.5, 0.6) is 0 Å². The number of anilines is 1. The van der Waals surface area contributed by atoms with Crippen LogP contribution in [0.4, 0.5) is 11.4 Å². The summed E-state index contributed by atoms with van der Waals surface area (Å²) < 4.78 is 5.27. The van der Waals surface area contributed by atoms with E-state index in [-0.39, 0.29) is 5.69 Å². The molecule has 3 rings (SSSR count). The van der Waals surface area contributed by atoms with Gasteiger partial charge in [0.2, 0.25) is 0 Å². The lowest BCUT2D eigenvalue weighted by Gasteiger charge is -2.07. The van der Waals surface area contributed by atoms with Gasteiger partial charge in [-0.2, -0.15) is 0 Å². The molecule has 1 heterocycles. The van der Waals surface area contributed by atoms with Crippen molar-refractivity contribution in [3.05, 3.63) is 76.8 Å². The van der Waals surface area contributed by atoms with Gasteiger partial charge < -0.3 is 9.73 Å². The summed E-state index contributed by atoms with van der Waals surface area (Å²) in [5.41, 5.74) is 2.76. The SMILES string of the molecule is O=[N+]([O-])c1cccc(CNc2cccc(-c3cnco3)c2)c1. The van der Waals surface area contributed by atoms with Crippen molar-refractivity contribution in [2.75, 3.05) is 5.32 Å². The number of nitro groups is 1. The zero-order valence-corrected chi connectivity index (χ0v) is 11.6. The molecule has 22 heavy (non-hydrogen) atoms. The molecule has 0 fully saturated rings. The number of nitrogens with zero attached hydrogens (tertiary/aromatic N) is 2. The minimum atomic E-state index is -0.395. The third-order valence-electron chi connectivity index (χ3n) is 3.20. The molecule has 0 bridgehead atoms. The minimum absolute atomic E-state index is 0.0923. The van der Waals surface area contributed by atoms with Crippen LogP contribution in [0.2, 0.25) is 0 Å². The summed E-state index contributed by atoms with van der Waals surface area (Å²) in [6.07, 6.45) is 3.04. The topological polar surface area (TPSA) is 81.2 Å². The van der Waals surface area contributed by atoms with Gasteiger partial charge in [-0.05, 0) is 17.7 Å². The quantitative estimate of drug-likeness (QED) is 0.571. The number of rotatable bonds is 5.